The molecule has 0 saturated carbocycles. The van der Waals surface area contributed by atoms with Crippen LogP contribution >= 0.6 is 0 Å². The van der Waals surface area contributed by atoms with Crippen molar-refractivity contribution in [1.82, 2.24) is 5.32 Å². The lowest BCUT2D eigenvalue weighted by Crippen LogP contribution is -2.25. The van der Waals surface area contributed by atoms with E-state index in [4.69, 9.17) is 0 Å². The molecule has 0 bridgehead atoms. The second-order valence-corrected chi connectivity index (χ2v) is 5.55. The van der Waals surface area contributed by atoms with E-state index in [1.54, 1.807) is 0 Å². The number of unbranched alkanes of at least 4 members (excludes halogenated alkanes) is 3. The molecule has 1 atom stereocenters. The molecule has 0 radical (unpaired) electrons. The summed E-state index contributed by atoms with van der Waals surface area (Å²) in [7, 11) is 0. The molecule has 0 aliphatic rings. The monoisotopic (exact) mass is 247 g/mol. The van der Waals surface area contributed by atoms with Crippen molar-refractivity contribution in [2.75, 3.05) is 0 Å². The van der Waals surface area contributed by atoms with Gasteiger partial charge in [-0.15, -0.1) is 0 Å². The van der Waals surface area contributed by atoms with Crippen LogP contribution in [0.3, 0.4) is 0 Å². The van der Waals surface area contributed by atoms with E-state index in [-0.39, 0.29) is 0 Å². The fraction of sp³-hybridized carbons (Fsp3) is 0.647. The summed E-state index contributed by atoms with van der Waals surface area (Å²) in [6, 6.07) is 7.38. The smallest absolute Gasteiger partial charge is 0.0208 e. The van der Waals surface area contributed by atoms with E-state index in [1.165, 1.54) is 48.8 Å². The molecule has 102 valence electrons. The highest BCUT2D eigenvalue weighted by Crippen LogP contribution is 2.10. The molecular weight excluding hydrogens is 218 g/mol. The van der Waals surface area contributed by atoms with Crippen molar-refractivity contribution in [3.8, 4) is 0 Å². The molecule has 0 saturated heterocycles. The zero-order chi connectivity index (χ0) is 13.4. The predicted molar refractivity (Wildman–Crippen MR) is 81.0 cm³/mol. The van der Waals surface area contributed by atoms with Crippen LogP contribution in [0.25, 0.3) is 0 Å². The fourth-order valence-corrected chi connectivity index (χ4v) is 2.18. The van der Waals surface area contributed by atoms with E-state index in [2.05, 4.69) is 51.2 Å². The summed E-state index contributed by atoms with van der Waals surface area (Å²) >= 11 is 0. The third-order valence-corrected chi connectivity index (χ3v) is 3.72. The quantitative estimate of drug-likeness (QED) is 0.654. The molecule has 0 heterocycles. The van der Waals surface area contributed by atoms with Crippen LogP contribution in [0.15, 0.2) is 18.2 Å². The molecule has 0 amide bonds. The van der Waals surface area contributed by atoms with Crippen LogP contribution < -0.4 is 5.32 Å². The predicted octanol–water partition coefficient (Wildman–Crippen LogP) is 4.75. The van der Waals surface area contributed by atoms with Gasteiger partial charge in [0.15, 0.2) is 0 Å². The molecule has 0 aliphatic heterocycles. The van der Waals surface area contributed by atoms with Crippen LogP contribution in [0, 0.1) is 13.8 Å². The van der Waals surface area contributed by atoms with Gasteiger partial charge in [-0.2, -0.15) is 0 Å². The summed E-state index contributed by atoms with van der Waals surface area (Å²) in [5.74, 6) is 0. The third-order valence-electron chi connectivity index (χ3n) is 3.72. The van der Waals surface area contributed by atoms with Gasteiger partial charge in [-0.05, 0) is 43.9 Å². The Bertz CT molecular complexity index is 343. The van der Waals surface area contributed by atoms with Crippen molar-refractivity contribution in [2.24, 2.45) is 0 Å². The van der Waals surface area contributed by atoms with Gasteiger partial charge in [0.25, 0.3) is 0 Å². The van der Waals surface area contributed by atoms with Gasteiger partial charge in [0.2, 0.25) is 0 Å². The van der Waals surface area contributed by atoms with E-state index >= 15 is 0 Å². The Hall–Kier alpha value is -0.820. The zero-order valence-corrected chi connectivity index (χ0v) is 12.6. The van der Waals surface area contributed by atoms with Crippen molar-refractivity contribution < 1.29 is 0 Å². The summed E-state index contributed by atoms with van der Waals surface area (Å²) in [5, 5.41) is 3.62. The number of hydrogen-bond donors (Lipinski definition) is 1. The number of hydrogen-bond acceptors (Lipinski definition) is 1. The Morgan fingerprint density at radius 2 is 1.83 bits per heavy atom. The molecule has 0 aliphatic carbocycles. The Morgan fingerprint density at radius 1 is 1.06 bits per heavy atom. The minimum atomic E-state index is 0.628. The molecule has 0 fully saturated rings. The maximum Gasteiger partial charge on any atom is 0.0208 e. The topological polar surface area (TPSA) is 12.0 Å². The van der Waals surface area contributed by atoms with Crippen LogP contribution in [-0.4, -0.2) is 6.04 Å². The lowest BCUT2D eigenvalue weighted by molar-refractivity contribution is 0.482. The van der Waals surface area contributed by atoms with E-state index in [0.29, 0.717) is 6.04 Å². The van der Waals surface area contributed by atoms with E-state index in [1.807, 2.05) is 0 Å². The second-order valence-electron chi connectivity index (χ2n) is 5.55. The molecule has 1 heteroatoms. The maximum atomic E-state index is 3.62. The average molecular weight is 247 g/mol. The molecule has 1 aromatic rings. The van der Waals surface area contributed by atoms with Gasteiger partial charge >= 0.3 is 0 Å². The average Bonchev–Trinajstić information content (AvgIpc) is 2.36. The van der Waals surface area contributed by atoms with Gasteiger partial charge in [0.05, 0.1) is 0 Å². The van der Waals surface area contributed by atoms with Crippen molar-refractivity contribution in [1.29, 1.82) is 0 Å². The lowest BCUT2D eigenvalue weighted by atomic mass is 10.1. The molecule has 1 aromatic carbocycles. The van der Waals surface area contributed by atoms with E-state index < -0.39 is 0 Å². The fourth-order valence-electron chi connectivity index (χ4n) is 2.18. The summed E-state index contributed by atoms with van der Waals surface area (Å²) in [4.78, 5) is 0. The van der Waals surface area contributed by atoms with Crippen LogP contribution in [0.2, 0.25) is 0 Å². The minimum Gasteiger partial charge on any atom is -0.310 e. The molecule has 1 unspecified atom stereocenters. The van der Waals surface area contributed by atoms with Crippen LogP contribution in [-0.2, 0) is 6.54 Å². The minimum absolute atomic E-state index is 0.628. The van der Waals surface area contributed by atoms with Crippen molar-refractivity contribution in [3.63, 3.8) is 0 Å². The molecule has 1 nitrogen and oxygen atoms in total. The largest absolute Gasteiger partial charge is 0.310 e. The standard InChI is InChI=1S/C17H29N/c1-5-6-7-8-9-16(4)18-13-17-11-10-14(2)15(3)12-17/h10-12,16,18H,5-9,13H2,1-4H3. The van der Waals surface area contributed by atoms with Crippen LogP contribution in [0.1, 0.15) is 62.6 Å². The highest BCUT2D eigenvalue weighted by atomic mass is 14.9. The molecular formula is C17H29N. The molecule has 0 aromatic heterocycles. The zero-order valence-electron chi connectivity index (χ0n) is 12.6. The van der Waals surface area contributed by atoms with Crippen molar-refractivity contribution >= 4 is 0 Å². The van der Waals surface area contributed by atoms with Gasteiger partial charge in [0, 0.05) is 12.6 Å². The van der Waals surface area contributed by atoms with Crippen molar-refractivity contribution in [3.05, 3.63) is 34.9 Å². The van der Waals surface area contributed by atoms with Gasteiger partial charge in [-0.3, -0.25) is 0 Å². The molecule has 1 N–H and O–H groups in total. The Morgan fingerprint density at radius 3 is 2.50 bits per heavy atom. The van der Waals surface area contributed by atoms with E-state index in [9.17, 15) is 0 Å². The molecule has 0 spiro atoms. The lowest BCUT2D eigenvalue weighted by Gasteiger charge is -2.14. The van der Waals surface area contributed by atoms with E-state index in [0.717, 1.165) is 6.54 Å². The Balaban J connectivity index is 2.24. The highest BCUT2D eigenvalue weighted by molar-refractivity contribution is 5.29. The SMILES string of the molecule is CCCCCCC(C)NCc1ccc(C)c(C)c1. The third kappa shape index (κ3) is 5.68. The first-order chi connectivity index (χ1) is 8.63. The Kier molecular flexibility index (Phi) is 7.04. The van der Waals surface area contributed by atoms with Crippen molar-refractivity contribution in [2.45, 2.75) is 72.4 Å². The van der Waals surface area contributed by atoms with Crippen LogP contribution in [0.5, 0.6) is 0 Å². The molecule has 18 heavy (non-hydrogen) atoms. The summed E-state index contributed by atoms with van der Waals surface area (Å²) in [6.07, 6.45) is 6.74. The first-order valence-electron chi connectivity index (χ1n) is 7.43. The molecule has 1 rings (SSSR count). The van der Waals surface area contributed by atoms with Gasteiger partial charge < -0.3 is 5.32 Å². The van der Waals surface area contributed by atoms with Gasteiger partial charge in [0.1, 0.15) is 0 Å². The summed E-state index contributed by atoms with van der Waals surface area (Å²) in [5.41, 5.74) is 4.18. The number of rotatable bonds is 8. The normalized spacial score (nSPS) is 12.7. The van der Waals surface area contributed by atoms with Gasteiger partial charge in [-0.25, -0.2) is 0 Å². The first kappa shape index (κ1) is 15.2. The highest BCUT2D eigenvalue weighted by Gasteiger charge is 2.02. The maximum absolute atomic E-state index is 3.62. The van der Waals surface area contributed by atoms with Crippen LogP contribution in [0.4, 0.5) is 0 Å². The summed E-state index contributed by atoms with van der Waals surface area (Å²) < 4.78 is 0. The first-order valence-corrected chi connectivity index (χ1v) is 7.43. The number of aryl methyl sites for hydroxylation is 2. The number of nitrogens with one attached hydrogen (secondary N) is 1. The van der Waals surface area contributed by atoms with Gasteiger partial charge in [-0.1, -0.05) is 50.8 Å². The Labute approximate surface area is 113 Å². The number of benzene rings is 1. The second kappa shape index (κ2) is 8.31. The summed E-state index contributed by atoms with van der Waals surface area (Å²) in [6.45, 7) is 9.92.